The van der Waals surface area contributed by atoms with E-state index in [9.17, 15) is 4.39 Å². The minimum absolute atomic E-state index is 0.322. The number of fused-ring (bicyclic) bond motifs is 4. The van der Waals surface area contributed by atoms with Crippen molar-refractivity contribution in [3.05, 3.63) is 77.1 Å². The quantitative estimate of drug-likeness (QED) is 0.563. The third-order valence-corrected chi connectivity index (χ3v) is 6.69. The molecule has 0 bridgehead atoms. The summed E-state index contributed by atoms with van der Waals surface area (Å²) in [5.74, 6) is 1.80. The lowest BCUT2D eigenvalue weighted by atomic mass is 9.90. The summed E-state index contributed by atoms with van der Waals surface area (Å²) in [4.78, 5) is 12.6. The normalized spacial score (nSPS) is 22.1. The molecule has 1 saturated heterocycles. The van der Waals surface area contributed by atoms with E-state index >= 15 is 0 Å². The van der Waals surface area contributed by atoms with Crippen molar-refractivity contribution in [2.24, 2.45) is 5.16 Å². The zero-order chi connectivity index (χ0) is 23.3. The molecule has 34 heavy (non-hydrogen) atoms. The first-order chi connectivity index (χ1) is 16.6. The fraction of sp³-hybridized carbons (Fsp3) is 0.308. The molecule has 7 nitrogen and oxygen atoms in total. The van der Waals surface area contributed by atoms with Gasteiger partial charge >= 0.3 is 0 Å². The molecule has 1 atom stereocenters. The fourth-order valence-corrected chi connectivity index (χ4v) is 5.08. The van der Waals surface area contributed by atoms with Gasteiger partial charge in [0.2, 0.25) is 5.72 Å². The average Bonchev–Trinajstić information content (AvgIpc) is 3.44. The standard InChI is InChI=1S/C26H25FN4O3/c1-17-15-30(16-28-17)22-8-5-18(13-24(22)32-2)12-19-4-3-10-31-25(19)29-34-26(31)9-11-33-23-14-20(27)6-7-21(23)26/h5-8,12-16H,3-4,9-11H2,1-2H3/b19-12+. The van der Waals surface area contributed by atoms with Crippen molar-refractivity contribution in [2.45, 2.75) is 31.9 Å². The maximum absolute atomic E-state index is 13.8. The Kier molecular flexibility index (Phi) is 4.83. The topological polar surface area (TPSA) is 61.1 Å². The van der Waals surface area contributed by atoms with E-state index in [-0.39, 0.29) is 5.82 Å². The van der Waals surface area contributed by atoms with E-state index in [0.717, 1.165) is 59.1 Å². The van der Waals surface area contributed by atoms with Gasteiger partial charge in [-0.2, -0.15) is 0 Å². The maximum atomic E-state index is 13.8. The summed E-state index contributed by atoms with van der Waals surface area (Å²) in [7, 11) is 1.67. The second kappa shape index (κ2) is 7.90. The number of amidine groups is 1. The number of methoxy groups -OCH3 is 1. The van der Waals surface area contributed by atoms with Crippen LogP contribution in [0.25, 0.3) is 11.8 Å². The predicted molar refractivity (Wildman–Crippen MR) is 125 cm³/mol. The lowest BCUT2D eigenvalue weighted by molar-refractivity contribution is -0.128. The predicted octanol–water partition coefficient (Wildman–Crippen LogP) is 4.79. The first kappa shape index (κ1) is 20.8. The van der Waals surface area contributed by atoms with E-state index in [1.807, 2.05) is 29.8 Å². The van der Waals surface area contributed by atoms with Gasteiger partial charge in [-0.05, 0) is 61.2 Å². The molecule has 1 aromatic heterocycles. The molecule has 1 spiro atoms. The minimum atomic E-state index is -0.753. The number of ether oxygens (including phenoxy) is 2. The summed E-state index contributed by atoms with van der Waals surface area (Å²) in [6.45, 7) is 3.22. The molecule has 0 N–H and O–H groups in total. The van der Waals surface area contributed by atoms with E-state index in [1.54, 1.807) is 19.5 Å². The Hall–Kier alpha value is -3.81. The van der Waals surface area contributed by atoms with Crippen LogP contribution in [0.4, 0.5) is 4.39 Å². The van der Waals surface area contributed by atoms with E-state index < -0.39 is 5.72 Å². The number of piperidine rings is 1. The number of aromatic nitrogens is 2. The van der Waals surface area contributed by atoms with Crippen molar-refractivity contribution < 1.29 is 18.7 Å². The highest BCUT2D eigenvalue weighted by molar-refractivity contribution is 6.03. The summed E-state index contributed by atoms with van der Waals surface area (Å²) in [5, 5.41) is 4.53. The molecule has 4 heterocycles. The molecule has 3 aliphatic heterocycles. The SMILES string of the molecule is COc1cc(/C=C2\CCCN3C2=NOC32CCOc3cc(F)ccc32)ccc1-n1cnc(C)c1. The first-order valence-corrected chi connectivity index (χ1v) is 11.4. The third kappa shape index (κ3) is 3.24. The van der Waals surface area contributed by atoms with Crippen molar-refractivity contribution in [1.29, 1.82) is 0 Å². The number of imidazole rings is 1. The molecule has 0 amide bonds. The van der Waals surface area contributed by atoms with E-state index in [2.05, 4.69) is 27.2 Å². The Morgan fingerprint density at radius 3 is 2.94 bits per heavy atom. The highest BCUT2D eigenvalue weighted by atomic mass is 19.1. The Labute approximate surface area is 197 Å². The van der Waals surface area contributed by atoms with Crippen LogP contribution < -0.4 is 9.47 Å². The molecular weight excluding hydrogens is 435 g/mol. The van der Waals surface area contributed by atoms with Crippen LogP contribution in [-0.2, 0) is 10.6 Å². The second-order valence-corrected chi connectivity index (χ2v) is 8.81. The van der Waals surface area contributed by atoms with E-state index in [0.29, 0.717) is 18.8 Å². The lowest BCUT2D eigenvalue weighted by Crippen LogP contribution is -2.51. The van der Waals surface area contributed by atoms with Crippen LogP contribution in [0.5, 0.6) is 11.5 Å². The number of oxime groups is 1. The molecule has 3 aliphatic rings. The Morgan fingerprint density at radius 1 is 1.21 bits per heavy atom. The van der Waals surface area contributed by atoms with Crippen LogP contribution in [0.2, 0.25) is 0 Å². The fourth-order valence-electron chi connectivity index (χ4n) is 5.08. The van der Waals surface area contributed by atoms with Crippen LogP contribution in [0.15, 0.2) is 59.7 Å². The van der Waals surface area contributed by atoms with Crippen LogP contribution in [0, 0.1) is 12.7 Å². The summed E-state index contributed by atoms with van der Waals surface area (Å²) in [6.07, 6.45) is 8.38. The number of benzene rings is 2. The number of nitrogens with zero attached hydrogens (tertiary/aromatic N) is 4. The number of rotatable bonds is 3. The van der Waals surface area contributed by atoms with Crippen LogP contribution in [0.3, 0.4) is 0 Å². The zero-order valence-corrected chi connectivity index (χ0v) is 19.1. The maximum Gasteiger partial charge on any atom is 0.244 e. The Bertz CT molecular complexity index is 1330. The number of hydrogen-bond acceptors (Lipinski definition) is 6. The van der Waals surface area contributed by atoms with Gasteiger partial charge in [-0.15, -0.1) is 0 Å². The van der Waals surface area contributed by atoms with Gasteiger partial charge < -0.3 is 23.8 Å². The van der Waals surface area contributed by atoms with Gasteiger partial charge in [0.15, 0.2) is 5.84 Å². The van der Waals surface area contributed by atoms with Gasteiger partial charge in [0.05, 0.1) is 37.0 Å². The van der Waals surface area contributed by atoms with E-state index in [1.165, 1.54) is 12.1 Å². The molecule has 1 unspecified atom stereocenters. The third-order valence-electron chi connectivity index (χ3n) is 6.69. The summed E-state index contributed by atoms with van der Waals surface area (Å²) in [6, 6.07) is 10.8. The largest absolute Gasteiger partial charge is 0.495 e. The molecule has 0 aliphatic carbocycles. The van der Waals surface area contributed by atoms with Crippen molar-refractivity contribution >= 4 is 11.9 Å². The summed E-state index contributed by atoms with van der Waals surface area (Å²) < 4.78 is 27.2. The molecule has 3 aromatic rings. The molecule has 1 fully saturated rings. The van der Waals surface area contributed by atoms with Gasteiger partial charge in [0, 0.05) is 25.2 Å². The Balaban J connectivity index is 1.34. The monoisotopic (exact) mass is 460 g/mol. The zero-order valence-electron chi connectivity index (χ0n) is 19.1. The number of halogens is 1. The van der Waals surface area contributed by atoms with Crippen molar-refractivity contribution in [3.8, 4) is 17.2 Å². The van der Waals surface area contributed by atoms with Gasteiger partial charge in [0.1, 0.15) is 17.3 Å². The lowest BCUT2D eigenvalue weighted by Gasteiger charge is -2.42. The summed E-state index contributed by atoms with van der Waals surface area (Å²) >= 11 is 0. The molecule has 2 aromatic carbocycles. The van der Waals surface area contributed by atoms with Crippen molar-refractivity contribution in [3.63, 3.8) is 0 Å². The second-order valence-electron chi connectivity index (χ2n) is 8.81. The number of aryl methyl sites for hydroxylation is 1. The molecule has 6 rings (SSSR count). The molecule has 174 valence electrons. The summed E-state index contributed by atoms with van der Waals surface area (Å²) in [5.41, 5.74) is 4.07. The van der Waals surface area contributed by atoms with Gasteiger partial charge in [0.25, 0.3) is 0 Å². The molecule has 8 heteroatoms. The minimum Gasteiger partial charge on any atom is -0.495 e. The average molecular weight is 461 g/mol. The van der Waals surface area contributed by atoms with Gasteiger partial charge in [-0.25, -0.2) is 9.37 Å². The van der Waals surface area contributed by atoms with E-state index in [4.69, 9.17) is 14.3 Å². The van der Waals surface area contributed by atoms with Crippen LogP contribution in [-0.4, -0.2) is 40.5 Å². The molecular formula is C26H25FN4O3. The van der Waals surface area contributed by atoms with Gasteiger partial charge in [-0.3, -0.25) is 0 Å². The number of hydrogen-bond donors (Lipinski definition) is 0. The molecule has 0 radical (unpaired) electrons. The van der Waals surface area contributed by atoms with Crippen molar-refractivity contribution in [1.82, 2.24) is 14.5 Å². The Morgan fingerprint density at radius 2 is 2.12 bits per heavy atom. The highest BCUT2D eigenvalue weighted by Gasteiger charge is 2.52. The first-order valence-electron chi connectivity index (χ1n) is 11.4. The van der Waals surface area contributed by atoms with Crippen LogP contribution in [0.1, 0.15) is 36.1 Å². The van der Waals surface area contributed by atoms with Gasteiger partial charge in [-0.1, -0.05) is 11.2 Å². The van der Waals surface area contributed by atoms with Crippen LogP contribution >= 0.6 is 0 Å². The highest BCUT2D eigenvalue weighted by Crippen LogP contribution is 2.48. The smallest absolute Gasteiger partial charge is 0.244 e. The molecule has 0 saturated carbocycles. The van der Waals surface area contributed by atoms with Crippen molar-refractivity contribution in [2.75, 3.05) is 20.3 Å².